The van der Waals surface area contributed by atoms with Gasteiger partial charge in [-0.1, -0.05) is 66.8 Å². The molecule has 0 bridgehead atoms. The van der Waals surface area contributed by atoms with Gasteiger partial charge < -0.3 is 34.1 Å². The average molecular weight is 921 g/mol. The van der Waals surface area contributed by atoms with E-state index in [1.807, 2.05) is 35.8 Å². The molecular formula is C55H70F2N4O6. The highest BCUT2D eigenvalue weighted by Crippen LogP contribution is 2.30. The minimum absolute atomic E-state index is 0.0337. The largest absolute Gasteiger partial charge is 0.497 e. The minimum atomic E-state index is -0.263. The Morgan fingerprint density at radius 2 is 1.07 bits per heavy atom. The van der Waals surface area contributed by atoms with Crippen LogP contribution in [0.4, 0.5) is 8.78 Å². The first-order valence-electron chi connectivity index (χ1n) is 23.8. The molecule has 360 valence electrons. The summed E-state index contributed by atoms with van der Waals surface area (Å²) >= 11 is 0. The van der Waals surface area contributed by atoms with Gasteiger partial charge in [0.05, 0.1) is 28.4 Å². The molecule has 2 atom stereocenters. The summed E-state index contributed by atoms with van der Waals surface area (Å²) < 4.78 is 48.1. The van der Waals surface area contributed by atoms with Crippen molar-refractivity contribution < 1.29 is 37.3 Å². The van der Waals surface area contributed by atoms with Gasteiger partial charge in [-0.15, -0.1) is 0 Å². The van der Waals surface area contributed by atoms with E-state index in [0.717, 1.165) is 67.1 Å². The minimum Gasteiger partial charge on any atom is -0.497 e. The van der Waals surface area contributed by atoms with Crippen LogP contribution in [0.15, 0.2) is 96.1 Å². The maximum Gasteiger partial charge on any atom is 0.254 e. The second-order valence-corrected chi connectivity index (χ2v) is 18.2. The Morgan fingerprint density at radius 1 is 0.612 bits per heavy atom. The zero-order valence-corrected chi connectivity index (χ0v) is 40.3. The first kappa shape index (κ1) is 50.7. The third-order valence-electron chi connectivity index (χ3n) is 13.0. The lowest BCUT2D eigenvalue weighted by atomic mass is 9.89. The number of likely N-dealkylation sites (tertiary alicyclic amines) is 1. The van der Waals surface area contributed by atoms with Crippen molar-refractivity contribution in [3.8, 4) is 23.0 Å². The highest BCUT2D eigenvalue weighted by Gasteiger charge is 2.31. The summed E-state index contributed by atoms with van der Waals surface area (Å²) in [6, 6.07) is 24.0. The highest BCUT2D eigenvalue weighted by atomic mass is 19.1. The summed E-state index contributed by atoms with van der Waals surface area (Å²) in [6.07, 6.45) is 15.2. The molecule has 3 fully saturated rings. The van der Waals surface area contributed by atoms with E-state index in [1.54, 1.807) is 89.1 Å². The molecule has 1 aliphatic carbocycles. The van der Waals surface area contributed by atoms with Crippen LogP contribution < -0.4 is 24.3 Å². The number of amides is 2. The average Bonchev–Trinajstić information content (AvgIpc) is 4.04. The number of benzene rings is 4. The van der Waals surface area contributed by atoms with Gasteiger partial charge in [0.2, 0.25) is 0 Å². The van der Waals surface area contributed by atoms with E-state index in [-0.39, 0.29) is 29.5 Å². The predicted molar refractivity (Wildman–Crippen MR) is 263 cm³/mol. The number of carbonyl (C=O) groups is 2. The molecule has 12 heteroatoms. The molecule has 2 amide bonds. The summed E-state index contributed by atoms with van der Waals surface area (Å²) in [5.41, 5.74) is 4.98. The molecule has 3 aliphatic rings. The van der Waals surface area contributed by atoms with Crippen molar-refractivity contribution in [2.24, 2.45) is 5.92 Å². The Morgan fingerprint density at radius 3 is 1.51 bits per heavy atom. The Hall–Kier alpha value is -5.72. The Kier molecular flexibility index (Phi) is 19.2. The summed E-state index contributed by atoms with van der Waals surface area (Å²) in [5.74, 6) is 2.51. The van der Waals surface area contributed by atoms with Crippen LogP contribution >= 0.6 is 0 Å². The summed E-state index contributed by atoms with van der Waals surface area (Å²) in [6.45, 7) is 9.53. The fraction of sp³-hybridized carbons (Fsp3) is 0.455. The molecule has 0 radical (unpaired) electrons. The second-order valence-electron chi connectivity index (χ2n) is 18.2. The zero-order chi connectivity index (χ0) is 47.7. The molecule has 67 heavy (non-hydrogen) atoms. The SMILES string of the molecule is COc1cc(OC)cc(C(=O)N(C/C(C)=C/c2ccc(F)cc2)CC2CCCN2)c1.COc1cc(OC)cc(C(=O)N(C/C(C)=C/c2ccc(F)cc2)CC2CCCN2CC2CCCCC2)c1. The molecule has 0 spiro atoms. The molecule has 0 aromatic heterocycles. The first-order chi connectivity index (χ1) is 32.4. The van der Waals surface area contributed by atoms with Crippen LogP contribution in [0, 0.1) is 17.6 Å². The Labute approximate surface area is 396 Å². The number of nitrogens with zero attached hydrogens (tertiary/aromatic N) is 3. The van der Waals surface area contributed by atoms with E-state index < -0.39 is 0 Å². The van der Waals surface area contributed by atoms with E-state index >= 15 is 0 Å². The van der Waals surface area contributed by atoms with Crippen molar-refractivity contribution in [1.29, 1.82) is 0 Å². The van der Waals surface area contributed by atoms with Gasteiger partial charge in [-0.2, -0.15) is 0 Å². The van der Waals surface area contributed by atoms with Crippen LogP contribution in [0.5, 0.6) is 23.0 Å². The monoisotopic (exact) mass is 921 g/mol. The number of rotatable bonds is 18. The summed E-state index contributed by atoms with van der Waals surface area (Å²) in [5, 5.41) is 3.46. The predicted octanol–water partition coefficient (Wildman–Crippen LogP) is 10.6. The number of hydrogen-bond acceptors (Lipinski definition) is 8. The first-order valence-corrected chi connectivity index (χ1v) is 23.8. The van der Waals surface area contributed by atoms with Gasteiger partial charge in [0, 0.05) is 68.1 Å². The number of nitrogens with one attached hydrogen (secondary N) is 1. The van der Waals surface area contributed by atoms with Gasteiger partial charge >= 0.3 is 0 Å². The van der Waals surface area contributed by atoms with Crippen LogP contribution in [0.1, 0.15) is 103 Å². The molecule has 1 N–H and O–H groups in total. The van der Waals surface area contributed by atoms with Crippen LogP contribution in [0.3, 0.4) is 0 Å². The maximum absolute atomic E-state index is 13.9. The highest BCUT2D eigenvalue weighted by molar-refractivity contribution is 5.96. The molecule has 7 rings (SSSR count). The third-order valence-corrected chi connectivity index (χ3v) is 13.0. The van der Waals surface area contributed by atoms with Gasteiger partial charge in [0.1, 0.15) is 34.6 Å². The fourth-order valence-electron chi connectivity index (χ4n) is 9.52. The van der Waals surface area contributed by atoms with Crippen molar-refractivity contribution in [3.63, 3.8) is 0 Å². The van der Waals surface area contributed by atoms with Gasteiger partial charge in [-0.05, 0) is 131 Å². The van der Waals surface area contributed by atoms with Crippen molar-refractivity contribution in [1.82, 2.24) is 20.0 Å². The number of ether oxygens (including phenoxy) is 4. The molecule has 2 aliphatic heterocycles. The zero-order valence-electron chi connectivity index (χ0n) is 40.3. The lowest BCUT2D eigenvalue weighted by molar-refractivity contribution is 0.0708. The molecular weight excluding hydrogens is 851 g/mol. The lowest BCUT2D eigenvalue weighted by Crippen LogP contribution is -2.45. The third kappa shape index (κ3) is 15.4. The molecule has 1 saturated carbocycles. The normalized spacial score (nSPS) is 17.9. The smallest absolute Gasteiger partial charge is 0.254 e. The van der Waals surface area contributed by atoms with E-state index in [2.05, 4.69) is 10.2 Å². The van der Waals surface area contributed by atoms with Crippen molar-refractivity contribution >= 4 is 24.0 Å². The quantitative estimate of drug-likeness (QED) is 0.106. The van der Waals surface area contributed by atoms with Gasteiger partial charge in [-0.25, -0.2) is 8.78 Å². The van der Waals surface area contributed by atoms with Crippen LogP contribution in [-0.2, 0) is 0 Å². The fourth-order valence-corrected chi connectivity index (χ4v) is 9.52. The lowest BCUT2D eigenvalue weighted by Gasteiger charge is -2.34. The second kappa shape index (κ2) is 25.4. The van der Waals surface area contributed by atoms with Gasteiger partial charge in [-0.3, -0.25) is 14.5 Å². The molecule has 2 saturated heterocycles. The summed E-state index contributed by atoms with van der Waals surface area (Å²) in [4.78, 5) is 33.8. The van der Waals surface area contributed by atoms with Gasteiger partial charge in [0.25, 0.3) is 11.8 Å². The standard InChI is InChI=1S/C31H41FN2O3.C24H29FN2O3/c1-23(16-24-11-13-27(32)14-12-24)20-34(31(35)26-17-29(36-2)19-30(18-26)37-3)22-28-10-7-15-33(28)21-25-8-5-4-6-9-25;1-17(11-18-6-8-20(25)9-7-18)15-27(16-21-5-4-10-26-21)24(28)19-12-22(29-2)14-23(13-19)30-3/h11-14,16-19,25,28H,4-10,15,20-22H2,1-3H3;6-9,11-14,21,26H,4-5,10,15-16H2,1-3H3/b23-16+;17-11+. The van der Waals surface area contributed by atoms with Crippen molar-refractivity contribution in [3.05, 3.63) is 130 Å². The van der Waals surface area contributed by atoms with Crippen LogP contribution in [0.25, 0.3) is 12.2 Å². The molecule has 4 aromatic rings. The topological polar surface area (TPSA) is 92.8 Å². The molecule has 10 nitrogen and oxygen atoms in total. The maximum atomic E-state index is 13.9. The number of hydrogen-bond donors (Lipinski definition) is 1. The molecule has 2 heterocycles. The van der Waals surface area contributed by atoms with E-state index in [0.29, 0.717) is 66.3 Å². The van der Waals surface area contributed by atoms with Crippen molar-refractivity contribution in [2.75, 3.05) is 74.3 Å². The molecule has 4 aromatic carbocycles. The van der Waals surface area contributed by atoms with Crippen LogP contribution in [-0.4, -0.2) is 113 Å². The Bertz CT molecular complexity index is 2230. The number of halogens is 2. The van der Waals surface area contributed by atoms with E-state index in [4.69, 9.17) is 18.9 Å². The number of carbonyl (C=O) groups excluding carboxylic acids is 2. The Balaban J connectivity index is 0.000000226. The van der Waals surface area contributed by atoms with E-state index in [9.17, 15) is 18.4 Å². The van der Waals surface area contributed by atoms with E-state index in [1.165, 1.54) is 62.8 Å². The summed E-state index contributed by atoms with van der Waals surface area (Å²) in [7, 11) is 6.33. The van der Waals surface area contributed by atoms with Gasteiger partial charge in [0.15, 0.2) is 0 Å². The van der Waals surface area contributed by atoms with Crippen molar-refractivity contribution in [2.45, 2.75) is 83.7 Å². The van der Waals surface area contributed by atoms with Crippen LogP contribution in [0.2, 0.25) is 0 Å². The molecule has 2 unspecified atom stereocenters. The number of methoxy groups -OCH3 is 4.